The number of hydroxylamine groups is 1. The van der Waals surface area contributed by atoms with E-state index in [-0.39, 0.29) is 17.8 Å². The largest absolute Gasteiger partial charge is 0.356 e. The van der Waals surface area contributed by atoms with Crippen LogP contribution < -0.4 is 16.1 Å². The molecule has 1 fully saturated rings. The van der Waals surface area contributed by atoms with Gasteiger partial charge < -0.3 is 10.6 Å². The molecule has 7 heteroatoms. The molecule has 1 aliphatic carbocycles. The van der Waals surface area contributed by atoms with Gasteiger partial charge in [0, 0.05) is 30.5 Å². The number of rotatable bonds is 12. The van der Waals surface area contributed by atoms with Crippen LogP contribution in [0.1, 0.15) is 71.1 Å². The molecule has 1 aromatic rings. The third-order valence-corrected chi connectivity index (χ3v) is 5.54. The van der Waals surface area contributed by atoms with Crippen molar-refractivity contribution in [3.8, 4) is 0 Å². The number of hydrogen-bond donors (Lipinski definition) is 4. The fourth-order valence-corrected chi connectivity index (χ4v) is 3.64. The second-order valence-corrected chi connectivity index (χ2v) is 8.02. The van der Waals surface area contributed by atoms with E-state index in [1.54, 1.807) is 12.4 Å². The first kappa shape index (κ1) is 23.1. The number of nitrogens with zero attached hydrogens (tertiary/aromatic N) is 1. The summed E-state index contributed by atoms with van der Waals surface area (Å²) < 4.78 is 0. The quantitative estimate of drug-likeness (QED) is 0.181. The van der Waals surface area contributed by atoms with Gasteiger partial charge >= 0.3 is 0 Å². The van der Waals surface area contributed by atoms with Gasteiger partial charge in [0.25, 0.3) is 0 Å². The maximum Gasteiger partial charge on any atom is 0.246 e. The van der Waals surface area contributed by atoms with Crippen molar-refractivity contribution in [1.82, 2.24) is 15.8 Å². The van der Waals surface area contributed by atoms with Crippen LogP contribution in [0.4, 0.5) is 5.69 Å². The Hall–Kier alpha value is -2.15. The van der Waals surface area contributed by atoms with Crippen molar-refractivity contribution in [1.29, 1.82) is 5.41 Å². The van der Waals surface area contributed by atoms with Crippen LogP contribution in [0.2, 0.25) is 0 Å². The minimum atomic E-state index is -0.0377. The topological polar surface area (TPSA) is 99.1 Å². The lowest BCUT2D eigenvalue weighted by Crippen LogP contribution is -2.30. The minimum absolute atomic E-state index is 0.0184. The Morgan fingerprint density at radius 1 is 1.21 bits per heavy atom. The molecule has 1 amide bonds. The van der Waals surface area contributed by atoms with Crippen molar-refractivity contribution in [3.63, 3.8) is 0 Å². The highest BCUT2D eigenvalue weighted by Gasteiger charge is 2.15. The predicted molar refractivity (Wildman–Crippen MR) is 117 cm³/mol. The highest BCUT2D eigenvalue weighted by Crippen LogP contribution is 2.25. The summed E-state index contributed by atoms with van der Waals surface area (Å²) >= 11 is 0. The van der Waals surface area contributed by atoms with Gasteiger partial charge in [-0.2, -0.15) is 0 Å². The summed E-state index contributed by atoms with van der Waals surface area (Å²) in [6, 6.07) is 3.64. The van der Waals surface area contributed by atoms with Crippen molar-refractivity contribution in [2.75, 3.05) is 18.5 Å². The van der Waals surface area contributed by atoms with E-state index >= 15 is 0 Å². The maximum absolute atomic E-state index is 12.1. The molecule has 1 aliphatic rings. The number of nitrogens with one attached hydrogen (secondary N) is 4. The van der Waals surface area contributed by atoms with Crippen LogP contribution in [0.3, 0.4) is 0 Å². The Morgan fingerprint density at radius 3 is 2.72 bits per heavy atom. The Bertz CT molecular complexity index is 590. The summed E-state index contributed by atoms with van der Waals surface area (Å²) in [5.41, 5.74) is 3.47. The molecule has 0 bridgehead atoms. The molecule has 29 heavy (non-hydrogen) atoms. The molecule has 0 radical (unpaired) electrons. The molecule has 162 valence electrons. The molecule has 4 N–H and O–H groups in total. The van der Waals surface area contributed by atoms with Gasteiger partial charge in [0.15, 0.2) is 5.96 Å². The molecule has 7 nitrogen and oxygen atoms in total. The van der Waals surface area contributed by atoms with Gasteiger partial charge in [-0.3, -0.25) is 20.0 Å². The lowest BCUT2D eigenvalue weighted by Gasteiger charge is -2.21. The van der Waals surface area contributed by atoms with Crippen LogP contribution in [0, 0.1) is 17.2 Å². The molecule has 1 aromatic heterocycles. The molecule has 2 rings (SSSR count). The highest BCUT2D eigenvalue weighted by molar-refractivity contribution is 5.90. The average molecular weight is 404 g/mol. The van der Waals surface area contributed by atoms with E-state index in [0.717, 1.165) is 50.3 Å². The standard InChI is InChI=1S/C22H37N5O2/c1-18(21(28)27-29-17-13-19-9-5-2-6-10-19)8-4-3-7-14-25-22(23)26-20-11-15-24-16-12-20/h11-12,15-16,18-19H,2-10,13-14,17H2,1H3,(H,27,28)(H3,23,24,25,26)/t18-/m0/s1. The van der Waals surface area contributed by atoms with Gasteiger partial charge in [0.2, 0.25) is 5.91 Å². The second-order valence-electron chi connectivity index (χ2n) is 8.02. The summed E-state index contributed by atoms with van der Waals surface area (Å²) in [5.74, 6) is 1.00. The molecular formula is C22H37N5O2. The van der Waals surface area contributed by atoms with E-state index in [4.69, 9.17) is 10.2 Å². The molecule has 1 heterocycles. The fourth-order valence-electron chi connectivity index (χ4n) is 3.64. The number of hydrogen-bond acceptors (Lipinski definition) is 4. The first-order valence-electron chi connectivity index (χ1n) is 11.1. The molecule has 0 unspecified atom stereocenters. The van der Waals surface area contributed by atoms with Crippen molar-refractivity contribution < 1.29 is 9.63 Å². The van der Waals surface area contributed by atoms with E-state index in [2.05, 4.69) is 21.1 Å². The van der Waals surface area contributed by atoms with Crippen LogP contribution in [-0.2, 0) is 9.63 Å². The molecule has 0 spiro atoms. The maximum atomic E-state index is 12.1. The second kappa shape index (κ2) is 13.9. The Balaban J connectivity index is 1.42. The number of guanidine groups is 1. The van der Waals surface area contributed by atoms with Gasteiger partial charge in [-0.25, -0.2) is 5.48 Å². The van der Waals surface area contributed by atoms with Gasteiger partial charge in [-0.15, -0.1) is 0 Å². The van der Waals surface area contributed by atoms with E-state index in [9.17, 15) is 4.79 Å². The first-order valence-corrected chi connectivity index (χ1v) is 11.1. The smallest absolute Gasteiger partial charge is 0.246 e. The minimum Gasteiger partial charge on any atom is -0.356 e. The molecule has 0 aliphatic heterocycles. The van der Waals surface area contributed by atoms with Gasteiger partial charge in [-0.1, -0.05) is 51.9 Å². The number of aromatic nitrogens is 1. The monoisotopic (exact) mass is 403 g/mol. The van der Waals surface area contributed by atoms with E-state index in [1.807, 2.05) is 19.1 Å². The number of carbonyl (C=O) groups excluding carboxylic acids is 1. The molecule has 0 saturated heterocycles. The van der Waals surface area contributed by atoms with Crippen molar-refractivity contribution >= 4 is 17.6 Å². The number of unbranched alkanes of at least 4 members (excludes halogenated alkanes) is 2. The molecule has 0 aromatic carbocycles. The zero-order valence-electron chi connectivity index (χ0n) is 17.7. The van der Waals surface area contributed by atoms with Gasteiger partial charge in [0.1, 0.15) is 0 Å². The number of amides is 1. The van der Waals surface area contributed by atoms with Crippen LogP contribution >= 0.6 is 0 Å². The van der Waals surface area contributed by atoms with Crippen LogP contribution in [0.5, 0.6) is 0 Å². The Morgan fingerprint density at radius 2 is 1.97 bits per heavy atom. The number of pyridine rings is 1. The summed E-state index contributed by atoms with van der Waals surface area (Å²) in [6.45, 7) is 3.31. The van der Waals surface area contributed by atoms with Crippen LogP contribution in [-0.4, -0.2) is 30.0 Å². The third kappa shape index (κ3) is 10.3. The lowest BCUT2D eigenvalue weighted by atomic mass is 9.87. The number of carbonyl (C=O) groups is 1. The summed E-state index contributed by atoms with van der Waals surface area (Å²) in [7, 11) is 0. The summed E-state index contributed by atoms with van der Waals surface area (Å²) in [6.07, 6.45) is 14.9. The Kier molecular flexibility index (Phi) is 11.1. The highest BCUT2D eigenvalue weighted by atomic mass is 16.6. The average Bonchev–Trinajstić information content (AvgIpc) is 2.74. The molecular weight excluding hydrogens is 366 g/mol. The fraction of sp³-hybridized carbons (Fsp3) is 0.682. The van der Waals surface area contributed by atoms with Crippen LogP contribution in [0.15, 0.2) is 24.5 Å². The summed E-state index contributed by atoms with van der Waals surface area (Å²) in [5, 5.41) is 13.9. The summed E-state index contributed by atoms with van der Waals surface area (Å²) in [4.78, 5) is 21.4. The van der Waals surface area contributed by atoms with Crippen molar-refractivity contribution in [3.05, 3.63) is 24.5 Å². The first-order chi connectivity index (χ1) is 14.1. The normalized spacial score (nSPS) is 15.5. The molecule has 1 atom stereocenters. The van der Waals surface area contributed by atoms with Crippen molar-refractivity contribution in [2.45, 2.75) is 71.1 Å². The third-order valence-electron chi connectivity index (χ3n) is 5.54. The molecule has 1 saturated carbocycles. The van der Waals surface area contributed by atoms with E-state index < -0.39 is 0 Å². The predicted octanol–water partition coefficient (Wildman–Crippen LogP) is 4.23. The van der Waals surface area contributed by atoms with E-state index in [0.29, 0.717) is 6.61 Å². The van der Waals surface area contributed by atoms with Crippen molar-refractivity contribution in [2.24, 2.45) is 11.8 Å². The van der Waals surface area contributed by atoms with Gasteiger partial charge in [-0.05, 0) is 37.3 Å². The zero-order valence-corrected chi connectivity index (χ0v) is 17.7. The Labute approximate surface area is 174 Å². The number of anilines is 1. The zero-order chi connectivity index (χ0) is 20.7. The van der Waals surface area contributed by atoms with Crippen LogP contribution in [0.25, 0.3) is 0 Å². The lowest BCUT2D eigenvalue weighted by molar-refractivity contribution is -0.137. The SMILES string of the molecule is C[C@@H](CCCCCNC(=N)Nc1ccncc1)C(=O)NOCCC1CCCCC1. The van der Waals surface area contributed by atoms with E-state index in [1.165, 1.54) is 32.1 Å². The van der Waals surface area contributed by atoms with Gasteiger partial charge in [0.05, 0.1) is 6.61 Å².